The fourth-order valence-corrected chi connectivity index (χ4v) is 12.7. The van der Waals surface area contributed by atoms with Crippen molar-refractivity contribution in [1.29, 1.82) is 0 Å². The van der Waals surface area contributed by atoms with E-state index in [-0.39, 0.29) is 0 Å². The molecule has 0 atom stereocenters. The van der Waals surface area contributed by atoms with Crippen LogP contribution in [-0.2, 0) is 9.13 Å². The summed E-state index contributed by atoms with van der Waals surface area (Å²) in [5.74, 6) is 1.00. The lowest BCUT2D eigenvalue weighted by Gasteiger charge is -2.20. The van der Waals surface area contributed by atoms with Crippen LogP contribution in [0.25, 0.3) is 44.5 Å². The Bertz CT molecular complexity index is 2530. The predicted molar refractivity (Wildman–Crippen MR) is 221 cm³/mol. The van der Waals surface area contributed by atoms with Crippen LogP contribution in [0, 0.1) is 13.8 Å². The Kier molecular flexibility index (Phi) is 8.38. The highest BCUT2D eigenvalue weighted by molar-refractivity contribution is 7.85. The first kappa shape index (κ1) is 33.8. The van der Waals surface area contributed by atoms with Crippen LogP contribution in [0.15, 0.2) is 179 Å². The van der Waals surface area contributed by atoms with Gasteiger partial charge in [0.25, 0.3) is 0 Å². The van der Waals surface area contributed by atoms with Gasteiger partial charge >= 0.3 is 0 Å². The van der Waals surface area contributed by atoms with Crippen LogP contribution in [0.1, 0.15) is 11.8 Å². The van der Waals surface area contributed by atoms with Gasteiger partial charge < -0.3 is 18.0 Å². The van der Waals surface area contributed by atoms with E-state index < -0.39 is 14.3 Å². The van der Waals surface area contributed by atoms with Crippen molar-refractivity contribution in [3.05, 3.63) is 182 Å². The quantitative estimate of drug-likeness (QED) is 0.145. The highest BCUT2D eigenvalue weighted by Crippen LogP contribution is 2.47. The van der Waals surface area contributed by atoms with Crippen molar-refractivity contribution in [2.75, 3.05) is 0 Å². The highest BCUT2D eigenvalue weighted by atomic mass is 31.2. The van der Waals surface area contributed by atoms with Crippen LogP contribution in [0.4, 0.5) is 0 Å². The van der Waals surface area contributed by atoms with Gasteiger partial charge in [0, 0.05) is 45.7 Å². The zero-order chi connectivity index (χ0) is 36.9. The molecular weight excluding hydrogens is 706 g/mol. The fourth-order valence-electron chi connectivity index (χ4n) is 7.40. The number of oxazole rings is 2. The second-order valence-electron chi connectivity index (χ2n) is 13.2. The van der Waals surface area contributed by atoms with Gasteiger partial charge in [0.1, 0.15) is 11.0 Å². The summed E-state index contributed by atoms with van der Waals surface area (Å²) in [6.45, 7) is 3.65. The summed E-state index contributed by atoms with van der Waals surface area (Å²) in [5, 5.41) is 4.52. The molecule has 8 heteroatoms. The largest absolute Gasteiger partial charge is 0.440 e. The smallest absolute Gasteiger partial charge is 0.192 e. The van der Waals surface area contributed by atoms with Crippen molar-refractivity contribution in [3.63, 3.8) is 0 Å². The number of aryl methyl sites for hydroxylation is 2. The van der Waals surface area contributed by atoms with E-state index in [1.54, 1.807) is 0 Å². The summed E-state index contributed by atoms with van der Waals surface area (Å²) in [6, 6.07) is 54.2. The molecule has 2 heterocycles. The maximum atomic E-state index is 15.1. The highest BCUT2D eigenvalue weighted by Gasteiger charge is 2.32. The Labute approximate surface area is 312 Å². The molecule has 0 aliphatic rings. The van der Waals surface area contributed by atoms with Gasteiger partial charge in [-0.2, -0.15) is 0 Å². The molecule has 54 heavy (non-hydrogen) atoms. The fraction of sp³-hybridized carbons (Fsp3) is 0.0435. The van der Waals surface area contributed by atoms with Gasteiger partial charge in [-0.05, 0) is 11.1 Å². The summed E-state index contributed by atoms with van der Waals surface area (Å²) in [7, 11) is -6.34. The molecule has 0 saturated carbocycles. The number of hydrogen-bond acceptors (Lipinski definition) is 6. The monoisotopic (exact) mass is 740 g/mol. The van der Waals surface area contributed by atoms with Gasteiger partial charge in [-0.1, -0.05) is 170 Å². The van der Waals surface area contributed by atoms with E-state index in [2.05, 4.69) is 0 Å². The molecule has 0 amide bonds. The summed E-state index contributed by atoms with van der Waals surface area (Å²) < 4.78 is 42.9. The molecule has 0 bridgehead atoms. The third-order valence-electron chi connectivity index (χ3n) is 9.91. The SMILES string of the molecule is Cc1nc2c(-c3ccc(P(=O)(c4ccccc4)c4ccccc4)cc3)c3oc(C)nc3c(-c3ccc(P(=O)(c4ccccc4)c4ccccc4)cc3)c2o1. The van der Waals surface area contributed by atoms with Crippen molar-refractivity contribution in [1.82, 2.24) is 9.97 Å². The predicted octanol–water partition coefficient (Wildman–Crippen LogP) is 9.20. The minimum Gasteiger partial charge on any atom is -0.440 e. The summed E-state index contributed by atoms with van der Waals surface area (Å²) in [4.78, 5) is 9.77. The molecule has 9 rings (SSSR count). The molecule has 6 nitrogen and oxygen atoms in total. The molecule has 0 N–H and O–H groups in total. The molecule has 0 spiro atoms. The topological polar surface area (TPSA) is 86.2 Å². The minimum atomic E-state index is -3.17. The van der Waals surface area contributed by atoms with E-state index >= 15 is 9.13 Å². The Balaban J connectivity index is 1.19. The van der Waals surface area contributed by atoms with Crippen molar-refractivity contribution in [2.45, 2.75) is 13.8 Å². The Morgan fingerprint density at radius 1 is 0.370 bits per heavy atom. The van der Waals surface area contributed by atoms with E-state index in [1.165, 1.54) is 0 Å². The minimum absolute atomic E-state index is 0.500. The third kappa shape index (κ3) is 5.50. The average Bonchev–Trinajstić information content (AvgIpc) is 3.81. The number of nitrogens with zero attached hydrogens (tertiary/aromatic N) is 2. The lowest BCUT2D eigenvalue weighted by Crippen LogP contribution is -2.24. The van der Waals surface area contributed by atoms with Gasteiger partial charge in [-0.3, -0.25) is 0 Å². The molecule has 0 aliphatic carbocycles. The molecule has 0 radical (unpaired) electrons. The van der Waals surface area contributed by atoms with Crippen LogP contribution >= 0.6 is 14.3 Å². The van der Waals surface area contributed by atoms with Crippen LogP contribution in [0.3, 0.4) is 0 Å². The molecule has 2 aromatic heterocycles. The lowest BCUT2D eigenvalue weighted by molar-refractivity contribution is 0.561. The number of benzene rings is 7. The molecular formula is C46H34N2O4P2. The van der Waals surface area contributed by atoms with Crippen molar-refractivity contribution in [2.24, 2.45) is 0 Å². The van der Waals surface area contributed by atoms with E-state index in [0.29, 0.717) is 34.0 Å². The van der Waals surface area contributed by atoms with Crippen LogP contribution in [0.5, 0.6) is 0 Å². The van der Waals surface area contributed by atoms with Crippen LogP contribution in [-0.4, -0.2) is 9.97 Å². The Morgan fingerprint density at radius 2 is 0.630 bits per heavy atom. The zero-order valence-corrected chi connectivity index (χ0v) is 31.4. The van der Waals surface area contributed by atoms with E-state index in [0.717, 1.165) is 54.1 Å². The van der Waals surface area contributed by atoms with Crippen LogP contribution < -0.4 is 31.8 Å². The zero-order valence-electron chi connectivity index (χ0n) is 29.6. The molecule has 0 saturated heterocycles. The van der Waals surface area contributed by atoms with Crippen molar-refractivity contribution >= 4 is 68.3 Å². The van der Waals surface area contributed by atoms with Gasteiger partial charge in [-0.25, -0.2) is 9.97 Å². The van der Waals surface area contributed by atoms with E-state index in [4.69, 9.17) is 18.8 Å². The first-order chi connectivity index (χ1) is 26.4. The van der Waals surface area contributed by atoms with E-state index in [9.17, 15) is 0 Å². The van der Waals surface area contributed by atoms with Gasteiger partial charge in [0.2, 0.25) is 0 Å². The van der Waals surface area contributed by atoms with Gasteiger partial charge in [0.05, 0.1) is 11.1 Å². The third-order valence-corrected chi connectivity index (χ3v) is 16.1. The van der Waals surface area contributed by atoms with Gasteiger partial charge in [0.15, 0.2) is 37.2 Å². The lowest BCUT2D eigenvalue weighted by atomic mass is 9.96. The normalized spacial score (nSPS) is 12.0. The molecule has 0 unspecified atom stereocenters. The molecule has 262 valence electrons. The number of aromatic nitrogens is 2. The van der Waals surface area contributed by atoms with Crippen LogP contribution in [0.2, 0.25) is 0 Å². The second-order valence-corrected chi connectivity index (χ2v) is 18.8. The Morgan fingerprint density at radius 3 is 0.907 bits per heavy atom. The first-order valence-electron chi connectivity index (χ1n) is 17.7. The second kappa shape index (κ2) is 13.4. The molecule has 0 aliphatic heterocycles. The maximum absolute atomic E-state index is 15.1. The Hall–Kier alpha value is -6.06. The average molecular weight is 741 g/mol. The molecule has 9 aromatic rings. The standard InChI is InChI=1S/C46H34N2O4P2/c1-31-47-43-41(33-23-27-39(28-24-33)53(49,35-15-7-3-8-16-35)36-17-9-4-10-18-36)46-44(48-32(2)52-46)42(45(43)51-31)34-25-29-40(30-26-34)54(50,37-19-11-5-12-20-37)38-21-13-6-14-22-38/h3-30H,1-2H3. The summed E-state index contributed by atoms with van der Waals surface area (Å²) in [6.07, 6.45) is 0. The van der Waals surface area contributed by atoms with Crippen molar-refractivity contribution in [3.8, 4) is 22.3 Å². The molecule has 7 aromatic carbocycles. The van der Waals surface area contributed by atoms with E-state index in [1.807, 2.05) is 184 Å². The first-order valence-corrected chi connectivity index (χ1v) is 21.1. The maximum Gasteiger partial charge on any atom is 0.192 e. The number of hydrogen-bond donors (Lipinski definition) is 0. The van der Waals surface area contributed by atoms with Crippen molar-refractivity contribution < 1.29 is 18.0 Å². The summed E-state index contributed by atoms with van der Waals surface area (Å²) >= 11 is 0. The summed E-state index contributed by atoms with van der Waals surface area (Å²) in [5.41, 5.74) is 5.59. The van der Waals surface area contributed by atoms with Gasteiger partial charge in [-0.15, -0.1) is 0 Å². The number of rotatable bonds is 8. The molecule has 0 fully saturated rings. The number of fused-ring (bicyclic) bond motifs is 2.